The third-order valence-corrected chi connectivity index (χ3v) is 2.29. The molecule has 1 heterocycles. The first-order valence-corrected chi connectivity index (χ1v) is 4.16. The first kappa shape index (κ1) is 8.02. The van der Waals surface area contributed by atoms with Crippen molar-refractivity contribution in [2.24, 2.45) is 5.92 Å². The van der Waals surface area contributed by atoms with Gasteiger partial charge in [-0.05, 0) is 45.9 Å². The Morgan fingerprint density at radius 3 is 2.90 bits per heavy atom. The molecule has 0 aromatic heterocycles. The maximum atomic E-state index is 3.19. The monoisotopic (exact) mass is 142 g/mol. The second kappa shape index (κ2) is 3.94. The van der Waals surface area contributed by atoms with E-state index < -0.39 is 0 Å². The highest BCUT2D eigenvalue weighted by molar-refractivity contribution is 4.72. The van der Waals surface area contributed by atoms with Gasteiger partial charge in [0.2, 0.25) is 0 Å². The fourth-order valence-electron chi connectivity index (χ4n) is 1.61. The molecule has 1 unspecified atom stereocenters. The van der Waals surface area contributed by atoms with Crippen molar-refractivity contribution in [3.05, 3.63) is 0 Å². The van der Waals surface area contributed by atoms with Crippen LogP contribution in [-0.2, 0) is 0 Å². The highest BCUT2D eigenvalue weighted by atomic mass is 15.1. The van der Waals surface area contributed by atoms with E-state index in [0.717, 1.165) is 5.92 Å². The number of hydrogen-bond acceptors (Lipinski definition) is 2. The van der Waals surface area contributed by atoms with Crippen LogP contribution >= 0.6 is 0 Å². The van der Waals surface area contributed by atoms with Crippen LogP contribution in [0.25, 0.3) is 0 Å². The van der Waals surface area contributed by atoms with E-state index in [1.54, 1.807) is 0 Å². The van der Waals surface area contributed by atoms with Gasteiger partial charge in [-0.3, -0.25) is 0 Å². The van der Waals surface area contributed by atoms with Crippen LogP contribution < -0.4 is 5.32 Å². The van der Waals surface area contributed by atoms with Crippen LogP contribution in [0.4, 0.5) is 0 Å². The van der Waals surface area contributed by atoms with E-state index in [2.05, 4.69) is 17.3 Å². The quantitative estimate of drug-likeness (QED) is 0.619. The fourth-order valence-corrected chi connectivity index (χ4v) is 1.61. The molecule has 0 aromatic rings. The van der Waals surface area contributed by atoms with Crippen LogP contribution in [-0.4, -0.2) is 38.6 Å². The molecule has 1 atom stereocenters. The summed E-state index contributed by atoms with van der Waals surface area (Å²) in [6, 6.07) is 0. The maximum absolute atomic E-state index is 3.19. The summed E-state index contributed by atoms with van der Waals surface area (Å²) in [7, 11) is 4.23. The van der Waals surface area contributed by atoms with Gasteiger partial charge < -0.3 is 10.2 Å². The minimum atomic E-state index is 0.956. The lowest BCUT2D eigenvalue weighted by molar-refractivity contribution is 0.387. The number of nitrogens with zero attached hydrogens (tertiary/aromatic N) is 1. The van der Waals surface area contributed by atoms with Crippen molar-refractivity contribution in [1.82, 2.24) is 10.2 Å². The van der Waals surface area contributed by atoms with Gasteiger partial charge in [-0.1, -0.05) is 0 Å². The van der Waals surface area contributed by atoms with Gasteiger partial charge in [-0.15, -0.1) is 0 Å². The molecule has 0 aromatic carbocycles. The Kier molecular flexibility index (Phi) is 3.16. The topological polar surface area (TPSA) is 15.3 Å². The maximum Gasteiger partial charge on any atom is 0.000756 e. The Morgan fingerprint density at radius 2 is 2.40 bits per heavy atom. The third kappa shape index (κ3) is 2.27. The Morgan fingerprint density at radius 1 is 1.60 bits per heavy atom. The van der Waals surface area contributed by atoms with E-state index in [9.17, 15) is 0 Å². The van der Waals surface area contributed by atoms with E-state index in [4.69, 9.17) is 0 Å². The fraction of sp³-hybridized carbons (Fsp3) is 1.00. The van der Waals surface area contributed by atoms with Crippen LogP contribution in [0.15, 0.2) is 0 Å². The molecule has 1 aliphatic heterocycles. The zero-order valence-electron chi connectivity index (χ0n) is 7.06. The molecule has 2 heteroatoms. The molecular weight excluding hydrogens is 124 g/mol. The highest BCUT2D eigenvalue weighted by Crippen LogP contribution is 2.16. The largest absolute Gasteiger partial charge is 0.320 e. The van der Waals surface area contributed by atoms with Crippen molar-refractivity contribution in [2.45, 2.75) is 12.8 Å². The Balaban J connectivity index is 2.06. The molecule has 1 saturated heterocycles. The van der Waals surface area contributed by atoms with Crippen LogP contribution in [0.3, 0.4) is 0 Å². The second-order valence-corrected chi connectivity index (χ2v) is 3.31. The zero-order chi connectivity index (χ0) is 7.40. The average molecular weight is 142 g/mol. The molecule has 0 radical (unpaired) electrons. The van der Waals surface area contributed by atoms with Crippen LogP contribution in [0.2, 0.25) is 0 Å². The molecule has 2 nitrogen and oxygen atoms in total. The molecule has 1 rings (SSSR count). The Bertz CT molecular complexity index is 93.3. The molecule has 1 N–H and O–H groups in total. The molecule has 0 bridgehead atoms. The van der Waals surface area contributed by atoms with Crippen LogP contribution in [0.1, 0.15) is 12.8 Å². The van der Waals surface area contributed by atoms with Crippen molar-refractivity contribution in [2.75, 3.05) is 33.7 Å². The summed E-state index contributed by atoms with van der Waals surface area (Å²) in [6.45, 7) is 3.79. The SMILES string of the molecule is CNCCC1CCN(C)C1. The van der Waals surface area contributed by atoms with E-state index in [0.29, 0.717) is 0 Å². The summed E-state index contributed by atoms with van der Waals surface area (Å²) < 4.78 is 0. The van der Waals surface area contributed by atoms with Gasteiger partial charge >= 0.3 is 0 Å². The summed E-state index contributed by atoms with van der Waals surface area (Å²) in [4.78, 5) is 2.42. The van der Waals surface area contributed by atoms with Gasteiger partial charge in [0.25, 0.3) is 0 Å². The van der Waals surface area contributed by atoms with E-state index in [1.165, 1.54) is 32.5 Å². The van der Waals surface area contributed by atoms with Crippen molar-refractivity contribution < 1.29 is 0 Å². The van der Waals surface area contributed by atoms with Crippen LogP contribution in [0, 0.1) is 5.92 Å². The molecule has 0 aliphatic carbocycles. The highest BCUT2D eigenvalue weighted by Gasteiger charge is 2.17. The summed E-state index contributed by atoms with van der Waals surface area (Å²) in [5, 5.41) is 3.19. The summed E-state index contributed by atoms with van der Waals surface area (Å²) in [6.07, 6.45) is 2.75. The lowest BCUT2D eigenvalue weighted by Gasteiger charge is -2.08. The van der Waals surface area contributed by atoms with Crippen molar-refractivity contribution in [1.29, 1.82) is 0 Å². The summed E-state index contributed by atoms with van der Waals surface area (Å²) in [5.74, 6) is 0.956. The van der Waals surface area contributed by atoms with Gasteiger partial charge in [0.1, 0.15) is 0 Å². The predicted octanol–water partition coefficient (Wildman–Crippen LogP) is 0.548. The minimum Gasteiger partial charge on any atom is -0.320 e. The summed E-state index contributed by atoms with van der Waals surface area (Å²) >= 11 is 0. The van der Waals surface area contributed by atoms with E-state index in [1.807, 2.05) is 7.05 Å². The number of nitrogens with one attached hydrogen (secondary N) is 1. The molecule has 0 spiro atoms. The van der Waals surface area contributed by atoms with E-state index >= 15 is 0 Å². The van der Waals surface area contributed by atoms with Crippen LogP contribution in [0.5, 0.6) is 0 Å². The number of hydrogen-bond donors (Lipinski definition) is 1. The van der Waals surface area contributed by atoms with Gasteiger partial charge in [0.05, 0.1) is 0 Å². The van der Waals surface area contributed by atoms with Gasteiger partial charge in [-0.2, -0.15) is 0 Å². The van der Waals surface area contributed by atoms with Gasteiger partial charge in [0, 0.05) is 6.54 Å². The first-order chi connectivity index (χ1) is 4.83. The molecular formula is C8H18N2. The zero-order valence-corrected chi connectivity index (χ0v) is 7.06. The third-order valence-electron chi connectivity index (χ3n) is 2.29. The van der Waals surface area contributed by atoms with Crippen molar-refractivity contribution >= 4 is 0 Å². The number of likely N-dealkylation sites (tertiary alicyclic amines) is 1. The lowest BCUT2D eigenvalue weighted by Crippen LogP contribution is -2.17. The van der Waals surface area contributed by atoms with Gasteiger partial charge in [0.15, 0.2) is 0 Å². The lowest BCUT2D eigenvalue weighted by atomic mass is 10.1. The van der Waals surface area contributed by atoms with E-state index in [-0.39, 0.29) is 0 Å². The molecule has 1 fully saturated rings. The molecule has 0 saturated carbocycles. The summed E-state index contributed by atoms with van der Waals surface area (Å²) in [5.41, 5.74) is 0. The van der Waals surface area contributed by atoms with Crippen molar-refractivity contribution in [3.63, 3.8) is 0 Å². The normalized spacial score (nSPS) is 27.6. The molecule has 1 aliphatic rings. The molecule has 10 heavy (non-hydrogen) atoms. The Hall–Kier alpha value is -0.0800. The van der Waals surface area contributed by atoms with Gasteiger partial charge in [-0.25, -0.2) is 0 Å². The smallest absolute Gasteiger partial charge is 0.000756 e. The average Bonchev–Trinajstić information content (AvgIpc) is 2.31. The first-order valence-electron chi connectivity index (χ1n) is 4.16. The Labute approximate surface area is 63.6 Å². The molecule has 60 valence electrons. The standard InChI is InChI=1S/C8H18N2/c1-9-5-3-8-4-6-10(2)7-8/h8-9H,3-7H2,1-2H3. The predicted molar refractivity (Wildman–Crippen MR) is 44.1 cm³/mol. The number of rotatable bonds is 3. The molecule has 0 amide bonds. The van der Waals surface area contributed by atoms with Crippen molar-refractivity contribution in [3.8, 4) is 0 Å². The minimum absolute atomic E-state index is 0.956. The second-order valence-electron chi connectivity index (χ2n) is 3.31.